The highest BCUT2D eigenvalue weighted by Gasteiger charge is 2.28. The van der Waals surface area contributed by atoms with Gasteiger partial charge in [0.2, 0.25) is 10.0 Å². The van der Waals surface area contributed by atoms with E-state index in [9.17, 15) is 13.2 Å². The van der Waals surface area contributed by atoms with Gasteiger partial charge in [-0.3, -0.25) is 4.79 Å². The molecule has 1 fully saturated rings. The molecule has 25 heavy (non-hydrogen) atoms. The second-order valence-corrected chi connectivity index (χ2v) is 8.45. The van der Waals surface area contributed by atoms with Crippen LogP contribution in [0.5, 0.6) is 0 Å². The van der Waals surface area contributed by atoms with Crippen molar-refractivity contribution < 1.29 is 13.2 Å². The van der Waals surface area contributed by atoms with Crippen molar-refractivity contribution in [3.05, 3.63) is 29.8 Å². The molecule has 6 nitrogen and oxygen atoms in total. The van der Waals surface area contributed by atoms with Crippen LogP contribution >= 0.6 is 12.4 Å². The predicted molar refractivity (Wildman–Crippen MR) is 102 cm³/mol. The molecule has 1 aliphatic rings. The Morgan fingerprint density at radius 3 is 2.32 bits per heavy atom. The van der Waals surface area contributed by atoms with Gasteiger partial charge in [-0.05, 0) is 57.0 Å². The fourth-order valence-electron chi connectivity index (χ4n) is 2.60. The maximum Gasteiger partial charge on any atom is 0.251 e. The van der Waals surface area contributed by atoms with E-state index in [0.717, 1.165) is 12.8 Å². The zero-order valence-corrected chi connectivity index (χ0v) is 16.6. The maximum atomic E-state index is 12.6. The Morgan fingerprint density at radius 2 is 1.80 bits per heavy atom. The third-order valence-corrected chi connectivity index (χ3v) is 6.47. The van der Waals surface area contributed by atoms with Gasteiger partial charge in [-0.25, -0.2) is 8.42 Å². The van der Waals surface area contributed by atoms with E-state index < -0.39 is 10.0 Å². The molecule has 8 heteroatoms. The number of halogens is 1. The summed E-state index contributed by atoms with van der Waals surface area (Å²) in [6, 6.07) is 6.35. The van der Waals surface area contributed by atoms with Gasteiger partial charge < -0.3 is 10.6 Å². The quantitative estimate of drug-likeness (QED) is 0.778. The van der Waals surface area contributed by atoms with Crippen molar-refractivity contribution in [2.24, 2.45) is 5.92 Å². The van der Waals surface area contributed by atoms with E-state index in [1.54, 1.807) is 12.1 Å². The lowest BCUT2D eigenvalue weighted by Gasteiger charge is -2.29. The SMILES string of the molecule is CNC(C)CNC(=O)c1ccc(S(=O)(=O)N2CCC(C)CC2)cc1.Cl. The predicted octanol–water partition coefficient (Wildman–Crippen LogP) is 1.87. The summed E-state index contributed by atoms with van der Waals surface area (Å²) in [6.07, 6.45) is 1.78. The average molecular weight is 390 g/mol. The fourth-order valence-corrected chi connectivity index (χ4v) is 4.07. The van der Waals surface area contributed by atoms with Crippen molar-refractivity contribution >= 4 is 28.3 Å². The van der Waals surface area contributed by atoms with Crippen molar-refractivity contribution in [2.75, 3.05) is 26.7 Å². The number of nitrogens with one attached hydrogen (secondary N) is 2. The second-order valence-electron chi connectivity index (χ2n) is 6.51. The van der Waals surface area contributed by atoms with Crippen LogP contribution in [0.15, 0.2) is 29.2 Å². The summed E-state index contributed by atoms with van der Waals surface area (Å²) in [6.45, 7) is 5.75. The molecule has 0 saturated carbocycles. The van der Waals surface area contributed by atoms with Gasteiger partial charge in [0.25, 0.3) is 5.91 Å². The lowest BCUT2D eigenvalue weighted by molar-refractivity contribution is 0.0950. The zero-order valence-electron chi connectivity index (χ0n) is 15.0. The molecule has 1 aliphatic heterocycles. The molecule has 0 spiro atoms. The third kappa shape index (κ3) is 5.67. The lowest BCUT2D eigenvalue weighted by Crippen LogP contribution is -2.38. The van der Waals surface area contributed by atoms with Gasteiger partial charge in [0.1, 0.15) is 0 Å². The number of hydrogen-bond acceptors (Lipinski definition) is 4. The second kappa shape index (κ2) is 9.52. The van der Waals surface area contributed by atoms with Gasteiger partial charge in [-0.2, -0.15) is 4.31 Å². The van der Waals surface area contributed by atoms with Crippen LogP contribution in [-0.2, 0) is 10.0 Å². The summed E-state index contributed by atoms with van der Waals surface area (Å²) in [5.74, 6) is 0.371. The minimum absolute atomic E-state index is 0. The smallest absolute Gasteiger partial charge is 0.251 e. The van der Waals surface area contributed by atoms with Crippen molar-refractivity contribution in [3.63, 3.8) is 0 Å². The Kier molecular flexibility index (Phi) is 8.34. The number of benzene rings is 1. The summed E-state index contributed by atoms with van der Waals surface area (Å²) in [5.41, 5.74) is 0.463. The molecule has 142 valence electrons. The minimum Gasteiger partial charge on any atom is -0.350 e. The number of carbonyl (C=O) groups excluding carboxylic acids is 1. The molecule has 1 saturated heterocycles. The van der Waals surface area contributed by atoms with Crippen LogP contribution in [0.3, 0.4) is 0 Å². The molecule has 0 bridgehead atoms. The molecule has 2 rings (SSSR count). The fraction of sp³-hybridized carbons (Fsp3) is 0.588. The van der Waals surface area contributed by atoms with Gasteiger partial charge in [0, 0.05) is 31.2 Å². The largest absolute Gasteiger partial charge is 0.350 e. The number of piperidine rings is 1. The minimum atomic E-state index is -3.47. The van der Waals surface area contributed by atoms with Crippen LogP contribution in [0.2, 0.25) is 0 Å². The van der Waals surface area contributed by atoms with Gasteiger partial charge in [0.05, 0.1) is 4.90 Å². The van der Waals surface area contributed by atoms with Crippen LogP contribution in [0.25, 0.3) is 0 Å². The first kappa shape index (κ1) is 21.9. The molecular formula is C17H28ClN3O3S. The van der Waals surface area contributed by atoms with Crippen molar-refractivity contribution in [1.29, 1.82) is 0 Å². The highest BCUT2D eigenvalue weighted by molar-refractivity contribution is 7.89. The molecule has 1 unspecified atom stereocenters. The Hall–Kier alpha value is -1.15. The Labute approximate surface area is 156 Å². The van der Waals surface area contributed by atoms with E-state index in [0.29, 0.717) is 31.1 Å². The number of nitrogens with zero attached hydrogens (tertiary/aromatic N) is 1. The highest BCUT2D eigenvalue weighted by atomic mass is 35.5. The van der Waals surface area contributed by atoms with Crippen LogP contribution in [0.4, 0.5) is 0 Å². The number of carbonyl (C=O) groups is 1. The van der Waals surface area contributed by atoms with Crippen LogP contribution in [0.1, 0.15) is 37.0 Å². The highest BCUT2D eigenvalue weighted by Crippen LogP contribution is 2.23. The van der Waals surface area contributed by atoms with Gasteiger partial charge in [0.15, 0.2) is 0 Å². The zero-order chi connectivity index (χ0) is 17.7. The summed E-state index contributed by atoms with van der Waals surface area (Å²) in [5, 5.41) is 5.86. The van der Waals surface area contributed by atoms with E-state index in [-0.39, 0.29) is 29.3 Å². The van der Waals surface area contributed by atoms with Gasteiger partial charge >= 0.3 is 0 Å². The summed E-state index contributed by atoms with van der Waals surface area (Å²) in [7, 11) is -1.63. The lowest BCUT2D eigenvalue weighted by atomic mass is 10.0. The van der Waals surface area contributed by atoms with E-state index in [1.807, 2.05) is 14.0 Å². The Balaban J connectivity index is 0.00000312. The molecule has 0 radical (unpaired) electrons. The van der Waals surface area contributed by atoms with Crippen LogP contribution in [-0.4, -0.2) is 51.4 Å². The van der Waals surface area contributed by atoms with E-state index >= 15 is 0 Å². The van der Waals surface area contributed by atoms with Crippen LogP contribution in [0, 0.1) is 5.92 Å². The third-order valence-electron chi connectivity index (χ3n) is 4.56. The molecule has 1 heterocycles. The Bertz CT molecular complexity index is 656. The average Bonchev–Trinajstić information content (AvgIpc) is 2.59. The summed E-state index contributed by atoms with van der Waals surface area (Å²) < 4.78 is 26.8. The number of amides is 1. The van der Waals surface area contributed by atoms with E-state index in [2.05, 4.69) is 17.6 Å². The molecular weight excluding hydrogens is 362 g/mol. The van der Waals surface area contributed by atoms with Crippen LogP contribution < -0.4 is 10.6 Å². The molecule has 2 N–H and O–H groups in total. The summed E-state index contributed by atoms with van der Waals surface area (Å²) in [4.78, 5) is 12.3. The normalized spacial score (nSPS) is 17.6. The van der Waals surface area contributed by atoms with Crippen molar-refractivity contribution in [3.8, 4) is 0 Å². The first-order valence-electron chi connectivity index (χ1n) is 8.40. The number of sulfonamides is 1. The number of likely N-dealkylation sites (N-methyl/N-ethyl adjacent to an activating group) is 1. The van der Waals surface area contributed by atoms with Crippen molar-refractivity contribution in [2.45, 2.75) is 37.6 Å². The number of hydrogen-bond donors (Lipinski definition) is 2. The molecule has 0 aliphatic carbocycles. The standard InChI is InChI=1S/C17H27N3O3S.ClH/c1-13-8-10-20(11-9-13)24(22,23)16-6-4-15(5-7-16)17(21)19-12-14(2)18-3;/h4-7,13-14,18H,8-12H2,1-3H3,(H,19,21);1H. The van der Waals surface area contributed by atoms with Crippen molar-refractivity contribution in [1.82, 2.24) is 14.9 Å². The molecule has 1 aromatic carbocycles. The molecule has 0 aromatic heterocycles. The van der Waals surface area contributed by atoms with Gasteiger partial charge in [-0.1, -0.05) is 6.92 Å². The molecule has 1 aromatic rings. The number of rotatable bonds is 6. The van der Waals surface area contributed by atoms with Gasteiger partial charge in [-0.15, -0.1) is 12.4 Å². The molecule has 1 atom stereocenters. The summed E-state index contributed by atoms with van der Waals surface area (Å²) >= 11 is 0. The first-order chi connectivity index (χ1) is 11.3. The monoisotopic (exact) mass is 389 g/mol. The topological polar surface area (TPSA) is 78.5 Å². The Morgan fingerprint density at radius 1 is 1.24 bits per heavy atom. The molecule has 1 amide bonds. The van der Waals surface area contributed by atoms with E-state index in [1.165, 1.54) is 16.4 Å². The first-order valence-corrected chi connectivity index (χ1v) is 9.84. The maximum absolute atomic E-state index is 12.6. The van der Waals surface area contributed by atoms with E-state index in [4.69, 9.17) is 0 Å².